The number of para-hydroxylation sites is 2. The molecule has 0 unspecified atom stereocenters. The van der Waals surface area contributed by atoms with Crippen molar-refractivity contribution in [1.29, 1.82) is 0 Å². The quantitative estimate of drug-likeness (QED) is 0.937. The third kappa shape index (κ3) is 3.92. The summed E-state index contributed by atoms with van der Waals surface area (Å²) < 4.78 is 0. The van der Waals surface area contributed by atoms with Crippen LogP contribution in [0.3, 0.4) is 0 Å². The molecule has 2 aromatic rings. The molecular formula is C17H18N2O2. The molecule has 0 saturated heterocycles. The zero-order chi connectivity index (χ0) is 15.2. The number of nitrogens with zero attached hydrogens (tertiary/aromatic N) is 1. The Bertz CT molecular complexity index is 638. The van der Waals surface area contributed by atoms with Crippen LogP contribution in [0.5, 0.6) is 0 Å². The molecule has 2 aromatic carbocycles. The van der Waals surface area contributed by atoms with Crippen LogP contribution in [0.4, 0.5) is 11.4 Å². The maximum Gasteiger partial charge on any atom is 0.244 e. The van der Waals surface area contributed by atoms with Crippen molar-refractivity contribution in [3.05, 3.63) is 60.2 Å². The molecule has 0 bridgehead atoms. The average molecular weight is 282 g/mol. The maximum absolute atomic E-state index is 12.1. The van der Waals surface area contributed by atoms with E-state index in [4.69, 9.17) is 0 Å². The number of amides is 2. The van der Waals surface area contributed by atoms with E-state index in [1.807, 2.05) is 61.5 Å². The first-order valence-electron chi connectivity index (χ1n) is 6.76. The standard InChI is InChI=1S/C17H18N2O2/c1-13-8-6-7-11-16(13)18-17(21)12-19(14(2)20)15-9-4-3-5-10-15/h3-11H,12H2,1-2H3,(H,18,21). The highest BCUT2D eigenvalue weighted by atomic mass is 16.2. The van der Waals surface area contributed by atoms with Gasteiger partial charge in [-0.15, -0.1) is 0 Å². The third-order valence-corrected chi connectivity index (χ3v) is 3.17. The van der Waals surface area contributed by atoms with E-state index in [9.17, 15) is 9.59 Å². The van der Waals surface area contributed by atoms with Gasteiger partial charge < -0.3 is 10.2 Å². The van der Waals surface area contributed by atoms with Crippen LogP contribution in [0.1, 0.15) is 12.5 Å². The molecular weight excluding hydrogens is 264 g/mol. The number of aryl methyl sites for hydroxylation is 1. The number of hydrogen-bond acceptors (Lipinski definition) is 2. The smallest absolute Gasteiger partial charge is 0.244 e. The number of rotatable bonds is 4. The van der Waals surface area contributed by atoms with Crippen LogP contribution in [0, 0.1) is 6.92 Å². The van der Waals surface area contributed by atoms with Crippen molar-refractivity contribution in [3.63, 3.8) is 0 Å². The van der Waals surface area contributed by atoms with Crippen LogP contribution in [-0.2, 0) is 9.59 Å². The Morgan fingerprint density at radius 3 is 2.24 bits per heavy atom. The Labute approximate surface area is 124 Å². The zero-order valence-corrected chi connectivity index (χ0v) is 12.2. The minimum Gasteiger partial charge on any atom is -0.324 e. The number of carbonyl (C=O) groups is 2. The van der Waals surface area contributed by atoms with Crippen molar-refractivity contribution in [2.45, 2.75) is 13.8 Å². The molecule has 0 aliphatic rings. The summed E-state index contributed by atoms with van der Waals surface area (Å²) in [5.41, 5.74) is 2.46. The summed E-state index contributed by atoms with van der Waals surface area (Å²) in [6, 6.07) is 16.7. The van der Waals surface area contributed by atoms with Crippen LogP contribution in [0.25, 0.3) is 0 Å². The zero-order valence-electron chi connectivity index (χ0n) is 12.2. The van der Waals surface area contributed by atoms with Crippen LogP contribution in [0.2, 0.25) is 0 Å². The summed E-state index contributed by atoms with van der Waals surface area (Å²) >= 11 is 0. The number of benzene rings is 2. The summed E-state index contributed by atoms with van der Waals surface area (Å²) in [6.07, 6.45) is 0. The van der Waals surface area contributed by atoms with Gasteiger partial charge in [0.15, 0.2) is 0 Å². The van der Waals surface area contributed by atoms with Crippen LogP contribution < -0.4 is 10.2 Å². The molecule has 2 rings (SSSR count). The van der Waals surface area contributed by atoms with Crippen molar-refractivity contribution in [2.75, 3.05) is 16.8 Å². The molecule has 0 aliphatic heterocycles. The van der Waals surface area contributed by atoms with Gasteiger partial charge in [-0.1, -0.05) is 36.4 Å². The lowest BCUT2D eigenvalue weighted by atomic mass is 10.2. The molecule has 4 nitrogen and oxygen atoms in total. The van der Waals surface area contributed by atoms with Gasteiger partial charge in [0, 0.05) is 18.3 Å². The first-order chi connectivity index (χ1) is 10.1. The van der Waals surface area contributed by atoms with Crippen molar-refractivity contribution in [1.82, 2.24) is 0 Å². The molecule has 108 valence electrons. The highest BCUT2D eigenvalue weighted by molar-refractivity contribution is 6.02. The summed E-state index contributed by atoms with van der Waals surface area (Å²) in [6.45, 7) is 3.37. The van der Waals surface area contributed by atoms with Gasteiger partial charge in [-0.05, 0) is 30.7 Å². The first kappa shape index (κ1) is 14.8. The van der Waals surface area contributed by atoms with E-state index in [2.05, 4.69) is 5.32 Å². The van der Waals surface area contributed by atoms with Gasteiger partial charge in [-0.3, -0.25) is 9.59 Å². The Kier molecular flexibility index (Phi) is 4.72. The Hall–Kier alpha value is -2.62. The van der Waals surface area contributed by atoms with Gasteiger partial charge in [0.2, 0.25) is 11.8 Å². The summed E-state index contributed by atoms with van der Waals surface area (Å²) in [4.78, 5) is 25.3. The molecule has 0 radical (unpaired) electrons. The van der Waals surface area contributed by atoms with Gasteiger partial charge in [0.25, 0.3) is 0 Å². The molecule has 4 heteroatoms. The van der Waals surface area contributed by atoms with E-state index in [0.29, 0.717) is 5.69 Å². The van der Waals surface area contributed by atoms with Crippen molar-refractivity contribution in [3.8, 4) is 0 Å². The summed E-state index contributed by atoms with van der Waals surface area (Å²) in [5, 5.41) is 2.83. The van der Waals surface area contributed by atoms with Gasteiger partial charge in [0.05, 0.1) is 0 Å². The van der Waals surface area contributed by atoms with Crippen LogP contribution >= 0.6 is 0 Å². The Morgan fingerprint density at radius 1 is 1.00 bits per heavy atom. The molecule has 0 heterocycles. The number of carbonyl (C=O) groups excluding carboxylic acids is 2. The van der Waals surface area contributed by atoms with Gasteiger partial charge in [-0.25, -0.2) is 0 Å². The number of hydrogen-bond donors (Lipinski definition) is 1. The van der Waals surface area contributed by atoms with Crippen molar-refractivity contribution >= 4 is 23.2 Å². The fourth-order valence-corrected chi connectivity index (χ4v) is 2.04. The minimum atomic E-state index is -0.219. The molecule has 0 atom stereocenters. The fraction of sp³-hybridized carbons (Fsp3) is 0.176. The van der Waals surface area contributed by atoms with Gasteiger partial charge >= 0.3 is 0 Å². The molecule has 0 aliphatic carbocycles. The second kappa shape index (κ2) is 6.70. The Balaban J connectivity index is 2.10. The van der Waals surface area contributed by atoms with E-state index < -0.39 is 0 Å². The van der Waals surface area contributed by atoms with E-state index in [0.717, 1.165) is 11.3 Å². The SMILES string of the molecule is CC(=O)N(CC(=O)Nc1ccccc1C)c1ccccc1. The summed E-state index contributed by atoms with van der Waals surface area (Å²) in [7, 11) is 0. The second-order valence-electron chi connectivity index (χ2n) is 4.80. The molecule has 0 fully saturated rings. The second-order valence-corrected chi connectivity index (χ2v) is 4.80. The highest BCUT2D eigenvalue weighted by Gasteiger charge is 2.15. The lowest BCUT2D eigenvalue weighted by Gasteiger charge is -2.20. The highest BCUT2D eigenvalue weighted by Crippen LogP contribution is 2.15. The number of nitrogens with one attached hydrogen (secondary N) is 1. The topological polar surface area (TPSA) is 49.4 Å². The normalized spacial score (nSPS) is 10.0. The third-order valence-electron chi connectivity index (χ3n) is 3.17. The molecule has 0 aromatic heterocycles. The monoisotopic (exact) mass is 282 g/mol. The van der Waals surface area contributed by atoms with Crippen molar-refractivity contribution < 1.29 is 9.59 Å². The largest absolute Gasteiger partial charge is 0.324 e. The molecule has 0 spiro atoms. The minimum absolute atomic E-state index is 0.00627. The molecule has 21 heavy (non-hydrogen) atoms. The lowest BCUT2D eigenvalue weighted by Crippen LogP contribution is -2.36. The van der Waals surface area contributed by atoms with Crippen LogP contribution in [0.15, 0.2) is 54.6 Å². The van der Waals surface area contributed by atoms with E-state index in [1.54, 1.807) is 0 Å². The van der Waals surface area contributed by atoms with Gasteiger partial charge in [-0.2, -0.15) is 0 Å². The molecule has 2 amide bonds. The van der Waals surface area contributed by atoms with Crippen molar-refractivity contribution in [2.24, 2.45) is 0 Å². The molecule has 0 saturated carbocycles. The van der Waals surface area contributed by atoms with E-state index in [1.165, 1.54) is 11.8 Å². The predicted molar refractivity (Wildman–Crippen MR) is 84.3 cm³/mol. The Morgan fingerprint density at radius 2 is 1.62 bits per heavy atom. The lowest BCUT2D eigenvalue weighted by molar-refractivity contribution is -0.120. The molecule has 1 N–H and O–H groups in total. The first-order valence-corrected chi connectivity index (χ1v) is 6.76. The fourth-order valence-electron chi connectivity index (χ4n) is 2.04. The number of anilines is 2. The predicted octanol–water partition coefficient (Wildman–Crippen LogP) is 2.99. The van der Waals surface area contributed by atoms with Crippen LogP contribution in [-0.4, -0.2) is 18.4 Å². The maximum atomic E-state index is 12.1. The average Bonchev–Trinajstić information content (AvgIpc) is 2.48. The van der Waals surface area contributed by atoms with E-state index >= 15 is 0 Å². The van der Waals surface area contributed by atoms with E-state index in [-0.39, 0.29) is 18.4 Å². The summed E-state index contributed by atoms with van der Waals surface area (Å²) in [5.74, 6) is -0.385. The van der Waals surface area contributed by atoms with Gasteiger partial charge in [0.1, 0.15) is 6.54 Å².